The number of benzene rings is 1. The predicted octanol–water partition coefficient (Wildman–Crippen LogP) is 2.75. The Bertz CT molecular complexity index is 1160. The van der Waals surface area contributed by atoms with Gasteiger partial charge in [0.15, 0.2) is 17.0 Å². The average molecular weight is 385 g/mol. The highest BCUT2D eigenvalue weighted by molar-refractivity contribution is 5.83. The maximum atomic E-state index is 9.30. The van der Waals surface area contributed by atoms with Crippen LogP contribution in [0.25, 0.3) is 22.3 Å². The van der Waals surface area contributed by atoms with Crippen molar-refractivity contribution in [1.29, 1.82) is 5.26 Å². The lowest BCUT2D eigenvalue weighted by Crippen LogP contribution is -2.06. The Balaban J connectivity index is 1.60. The summed E-state index contributed by atoms with van der Waals surface area (Å²) < 4.78 is 1.82. The Morgan fingerprint density at radius 2 is 2.03 bits per heavy atom. The number of anilines is 1. The van der Waals surface area contributed by atoms with Gasteiger partial charge >= 0.3 is 0 Å². The van der Waals surface area contributed by atoms with Crippen molar-refractivity contribution in [3.63, 3.8) is 0 Å². The van der Waals surface area contributed by atoms with Gasteiger partial charge in [-0.3, -0.25) is 4.98 Å². The summed E-state index contributed by atoms with van der Waals surface area (Å²) in [5, 5.41) is 21.7. The maximum absolute atomic E-state index is 9.30. The van der Waals surface area contributed by atoms with Crippen molar-refractivity contribution >= 4 is 17.0 Å². The first kappa shape index (κ1) is 18.5. The first-order chi connectivity index (χ1) is 14.3. The molecule has 4 aromatic rings. The molecule has 4 rings (SSSR count). The molecule has 0 saturated heterocycles. The van der Waals surface area contributed by atoms with E-state index in [9.17, 15) is 5.26 Å². The molecule has 144 valence electrons. The van der Waals surface area contributed by atoms with Gasteiger partial charge in [-0.1, -0.05) is 24.3 Å². The zero-order chi connectivity index (χ0) is 20.1. The summed E-state index contributed by atoms with van der Waals surface area (Å²) in [6.45, 7) is 1.17. The molecule has 8 nitrogen and oxygen atoms in total. The quantitative estimate of drug-likeness (QED) is 0.503. The average Bonchev–Trinajstić information content (AvgIpc) is 3.19. The second-order valence-corrected chi connectivity index (χ2v) is 6.49. The number of imidazole rings is 1. The summed E-state index contributed by atoms with van der Waals surface area (Å²) in [6, 6.07) is 14.1. The number of aromatic nitrogens is 5. The smallest absolute Gasteiger partial charge is 0.236 e. The number of rotatable bonds is 7. The van der Waals surface area contributed by atoms with Crippen molar-refractivity contribution < 1.29 is 5.11 Å². The molecular formula is C21H19N7O. The fraction of sp³-hybridized carbons (Fsp3) is 0.190. The molecule has 29 heavy (non-hydrogen) atoms. The zero-order valence-corrected chi connectivity index (χ0v) is 15.7. The fourth-order valence-electron chi connectivity index (χ4n) is 3.10. The number of nitriles is 1. The van der Waals surface area contributed by atoms with E-state index in [1.807, 2.05) is 47.2 Å². The van der Waals surface area contributed by atoms with Crippen LogP contribution >= 0.6 is 0 Å². The molecule has 0 aliphatic heterocycles. The zero-order valence-electron chi connectivity index (χ0n) is 15.7. The molecule has 8 heteroatoms. The highest BCUT2D eigenvalue weighted by atomic mass is 16.3. The first-order valence-corrected chi connectivity index (χ1v) is 9.25. The Hall–Kier alpha value is -3.83. The van der Waals surface area contributed by atoms with Gasteiger partial charge in [-0.25, -0.2) is 4.98 Å². The number of nitrogens with one attached hydrogen (secondary N) is 1. The minimum Gasteiger partial charge on any atom is -0.396 e. The van der Waals surface area contributed by atoms with E-state index in [0.29, 0.717) is 36.5 Å². The van der Waals surface area contributed by atoms with Gasteiger partial charge in [-0.2, -0.15) is 15.2 Å². The van der Waals surface area contributed by atoms with Crippen LogP contribution in [0.4, 0.5) is 5.82 Å². The lowest BCUT2D eigenvalue weighted by atomic mass is 10.0. The monoisotopic (exact) mass is 385 g/mol. The minimum absolute atomic E-state index is 0.0776. The minimum atomic E-state index is 0.0776. The molecule has 2 N–H and O–H groups in total. The molecule has 0 bridgehead atoms. The summed E-state index contributed by atoms with van der Waals surface area (Å²) in [5.74, 6) is 0.593. The molecule has 0 aliphatic carbocycles. The molecule has 0 spiro atoms. The van der Waals surface area contributed by atoms with Gasteiger partial charge in [0, 0.05) is 32.1 Å². The largest absolute Gasteiger partial charge is 0.396 e. The number of pyridine rings is 1. The fourth-order valence-corrected chi connectivity index (χ4v) is 3.10. The number of hydrogen-bond donors (Lipinski definition) is 2. The molecule has 3 aromatic heterocycles. The third-order valence-electron chi connectivity index (χ3n) is 4.50. The molecule has 1 aromatic carbocycles. The summed E-state index contributed by atoms with van der Waals surface area (Å²) in [7, 11) is 0. The van der Waals surface area contributed by atoms with Crippen molar-refractivity contribution in [1.82, 2.24) is 24.5 Å². The number of hydrogen-bond acceptors (Lipinski definition) is 7. The van der Waals surface area contributed by atoms with Crippen molar-refractivity contribution in [3.8, 4) is 17.2 Å². The van der Waals surface area contributed by atoms with Crippen LogP contribution in [-0.2, 0) is 13.1 Å². The van der Waals surface area contributed by atoms with E-state index in [1.54, 1.807) is 12.5 Å². The van der Waals surface area contributed by atoms with E-state index in [2.05, 4.69) is 31.3 Å². The molecule has 0 radical (unpaired) electrons. The lowest BCUT2D eigenvalue weighted by Gasteiger charge is -2.09. The van der Waals surface area contributed by atoms with Crippen LogP contribution in [0.15, 0.2) is 55.1 Å². The molecule has 0 atom stereocenters. The van der Waals surface area contributed by atoms with E-state index < -0.39 is 0 Å². The van der Waals surface area contributed by atoms with Gasteiger partial charge in [-0.05, 0) is 35.2 Å². The predicted molar refractivity (Wildman–Crippen MR) is 109 cm³/mol. The Kier molecular flexibility index (Phi) is 5.40. The van der Waals surface area contributed by atoms with Gasteiger partial charge in [0.2, 0.25) is 5.82 Å². The molecule has 0 aliphatic rings. The molecule has 0 unspecified atom stereocenters. The Morgan fingerprint density at radius 3 is 2.83 bits per heavy atom. The van der Waals surface area contributed by atoms with Crippen molar-refractivity contribution in [2.45, 2.75) is 19.5 Å². The van der Waals surface area contributed by atoms with Gasteiger partial charge in [0.1, 0.15) is 6.07 Å². The first-order valence-electron chi connectivity index (χ1n) is 9.25. The van der Waals surface area contributed by atoms with Crippen LogP contribution in [0.1, 0.15) is 17.8 Å². The standard InChI is InChI=1S/C21H19N7O/c22-11-18-26-20(19-21(27-18)28(14-25-19)8-3-9-29)24-12-15-4-1-5-16(10-15)17-6-2-7-23-13-17/h1-2,4-7,10,13-14,29H,3,8-9,12H2,(H,24,26,27). The van der Waals surface area contributed by atoms with Gasteiger partial charge < -0.3 is 15.0 Å². The van der Waals surface area contributed by atoms with E-state index in [1.165, 1.54) is 0 Å². The van der Waals surface area contributed by atoms with E-state index in [-0.39, 0.29) is 12.4 Å². The second-order valence-electron chi connectivity index (χ2n) is 6.49. The highest BCUT2D eigenvalue weighted by Gasteiger charge is 2.13. The number of aryl methyl sites for hydroxylation is 1. The summed E-state index contributed by atoms with van der Waals surface area (Å²) in [5.41, 5.74) is 4.38. The highest BCUT2D eigenvalue weighted by Crippen LogP contribution is 2.22. The van der Waals surface area contributed by atoms with Gasteiger partial charge in [0.25, 0.3) is 0 Å². The lowest BCUT2D eigenvalue weighted by molar-refractivity contribution is 0.280. The van der Waals surface area contributed by atoms with Crippen LogP contribution in [0, 0.1) is 11.3 Å². The normalized spacial score (nSPS) is 10.8. The molecule has 0 amide bonds. The maximum Gasteiger partial charge on any atom is 0.236 e. The summed E-state index contributed by atoms with van der Waals surface area (Å²) >= 11 is 0. The topological polar surface area (TPSA) is 113 Å². The van der Waals surface area contributed by atoms with E-state index in [0.717, 1.165) is 16.7 Å². The third-order valence-corrected chi connectivity index (χ3v) is 4.50. The van der Waals surface area contributed by atoms with Crippen molar-refractivity contribution in [3.05, 3.63) is 66.5 Å². The van der Waals surface area contributed by atoms with Crippen LogP contribution in [0.3, 0.4) is 0 Å². The van der Waals surface area contributed by atoms with E-state index >= 15 is 0 Å². The Morgan fingerprint density at radius 1 is 1.14 bits per heavy atom. The van der Waals surface area contributed by atoms with Gasteiger partial charge in [0.05, 0.1) is 6.33 Å². The van der Waals surface area contributed by atoms with Crippen molar-refractivity contribution in [2.75, 3.05) is 11.9 Å². The summed E-state index contributed by atoms with van der Waals surface area (Å²) in [4.78, 5) is 17.1. The molecule has 0 fully saturated rings. The Labute approximate surface area is 167 Å². The van der Waals surface area contributed by atoms with Gasteiger partial charge in [-0.15, -0.1) is 0 Å². The number of aliphatic hydroxyl groups excluding tert-OH is 1. The van der Waals surface area contributed by atoms with Crippen molar-refractivity contribution in [2.24, 2.45) is 0 Å². The number of nitrogens with zero attached hydrogens (tertiary/aromatic N) is 6. The van der Waals surface area contributed by atoms with Crippen LogP contribution in [0.5, 0.6) is 0 Å². The second kappa shape index (κ2) is 8.46. The third kappa shape index (κ3) is 4.05. The molecular weight excluding hydrogens is 366 g/mol. The van der Waals surface area contributed by atoms with Crippen LogP contribution < -0.4 is 5.32 Å². The number of fused-ring (bicyclic) bond motifs is 1. The SMILES string of the molecule is N#Cc1nc(NCc2cccc(-c3cccnc3)c2)c2ncn(CCCO)c2n1. The van der Waals surface area contributed by atoms with Crippen LogP contribution in [0.2, 0.25) is 0 Å². The van der Waals surface area contributed by atoms with E-state index in [4.69, 9.17) is 5.11 Å². The summed E-state index contributed by atoms with van der Waals surface area (Å²) in [6.07, 6.45) is 5.83. The molecule has 0 saturated carbocycles. The molecule has 3 heterocycles. The van der Waals surface area contributed by atoms with Crippen LogP contribution in [-0.4, -0.2) is 36.2 Å². The number of aliphatic hydroxyl groups is 1.